The van der Waals surface area contributed by atoms with Crippen LogP contribution < -0.4 is 10.1 Å². The molecule has 0 unspecified atom stereocenters. The predicted molar refractivity (Wildman–Crippen MR) is 83.9 cm³/mol. The molecule has 1 N–H and O–H groups in total. The monoisotopic (exact) mass is 284 g/mol. The molecule has 0 aliphatic carbocycles. The summed E-state index contributed by atoms with van der Waals surface area (Å²) in [6.07, 6.45) is 3.20. The lowest BCUT2D eigenvalue weighted by atomic mass is 9.86. The van der Waals surface area contributed by atoms with Crippen LogP contribution in [0.5, 0.6) is 5.75 Å². The number of benzene rings is 1. The highest BCUT2D eigenvalue weighted by molar-refractivity contribution is 6.04. The Morgan fingerprint density at radius 3 is 2.38 bits per heavy atom. The van der Waals surface area contributed by atoms with E-state index in [2.05, 4.69) is 31.1 Å². The highest BCUT2D eigenvalue weighted by Gasteiger charge is 2.19. The number of carbonyl (C=O) groups is 1. The number of ether oxygens (including phenoxy) is 1. The maximum absolute atomic E-state index is 12.2. The van der Waals surface area contributed by atoms with Gasteiger partial charge < -0.3 is 10.1 Å². The van der Waals surface area contributed by atoms with E-state index in [0.29, 0.717) is 5.56 Å². The Morgan fingerprint density at radius 2 is 1.81 bits per heavy atom. The molecule has 1 amide bonds. The third-order valence-corrected chi connectivity index (χ3v) is 3.21. The van der Waals surface area contributed by atoms with Crippen molar-refractivity contribution < 1.29 is 9.53 Å². The van der Waals surface area contributed by atoms with E-state index in [4.69, 9.17) is 4.74 Å². The van der Waals surface area contributed by atoms with E-state index in [9.17, 15) is 4.79 Å². The second-order valence-electron chi connectivity index (χ2n) is 5.86. The highest BCUT2D eigenvalue weighted by atomic mass is 16.5. The third kappa shape index (κ3) is 3.60. The second kappa shape index (κ2) is 5.95. The number of rotatable bonds is 3. The van der Waals surface area contributed by atoms with E-state index < -0.39 is 0 Å². The second-order valence-corrected chi connectivity index (χ2v) is 5.86. The largest absolute Gasteiger partial charge is 0.496 e. The summed E-state index contributed by atoms with van der Waals surface area (Å²) in [5, 5.41) is 2.90. The van der Waals surface area contributed by atoms with Crippen LogP contribution in [-0.4, -0.2) is 18.0 Å². The number of hydrogen-bond acceptors (Lipinski definition) is 3. The molecule has 0 saturated heterocycles. The molecule has 0 atom stereocenters. The Bertz CT molecular complexity index is 631. The summed E-state index contributed by atoms with van der Waals surface area (Å²) >= 11 is 0. The Kier molecular flexibility index (Phi) is 4.26. The molecule has 0 aliphatic rings. The molecule has 0 bridgehead atoms. The van der Waals surface area contributed by atoms with Crippen molar-refractivity contribution in [3.63, 3.8) is 0 Å². The average molecular weight is 284 g/mol. The van der Waals surface area contributed by atoms with Crippen LogP contribution in [0.1, 0.15) is 36.7 Å². The zero-order chi connectivity index (χ0) is 15.5. The number of anilines is 1. The number of amides is 1. The smallest absolute Gasteiger partial charge is 0.255 e. The van der Waals surface area contributed by atoms with E-state index in [-0.39, 0.29) is 11.3 Å². The fourth-order valence-corrected chi connectivity index (χ4v) is 2.08. The zero-order valence-electron chi connectivity index (χ0n) is 12.8. The van der Waals surface area contributed by atoms with Gasteiger partial charge in [-0.2, -0.15) is 0 Å². The first-order valence-corrected chi connectivity index (χ1v) is 6.81. The van der Waals surface area contributed by atoms with Crippen molar-refractivity contribution in [1.29, 1.82) is 0 Å². The topological polar surface area (TPSA) is 51.2 Å². The molecule has 1 aromatic heterocycles. The van der Waals surface area contributed by atoms with Gasteiger partial charge in [0.05, 0.1) is 7.11 Å². The van der Waals surface area contributed by atoms with E-state index in [1.165, 1.54) is 0 Å². The van der Waals surface area contributed by atoms with Gasteiger partial charge in [0.25, 0.3) is 5.91 Å². The van der Waals surface area contributed by atoms with Gasteiger partial charge in [0.1, 0.15) is 5.75 Å². The molecule has 0 spiro atoms. The fraction of sp³-hybridized carbons (Fsp3) is 0.294. The van der Waals surface area contributed by atoms with Crippen molar-refractivity contribution in [3.05, 3.63) is 53.9 Å². The molecule has 4 nitrogen and oxygen atoms in total. The molecule has 0 aliphatic heterocycles. The molecule has 0 saturated carbocycles. The van der Waals surface area contributed by atoms with Crippen LogP contribution in [-0.2, 0) is 5.41 Å². The van der Waals surface area contributed by atoms with Crippen LogP contribution in [0.4, 0.5) is 5.69 Å². The first kappa shape index (κ1) is 15.0. The van der Waals surface area contributed by atoms with Crippen molar-refractivity contribution in [2.75, 3.05) is 12.4 Å². The molecular weight excluding hydrogens is 264 g/mol. The number of methoxy groups -OCH3 is 1. The third-order valence-electron chi connectivity index (χ3n) is 3.21. The lowest BCUT2D eigenvalue weighted by Crippen LogP contribution is -2.15. The van der Waals surface area contributed by atoms with Gasteiger partial charge in [-0.25, -0.2) is 0 Å². The summed E-state index contributed by atoms with van der Waals surface area (Å²) in [4.78, 5) is 16.1. The zero-order valence-corrected chi connectivity index (χ0v) is 12.8. The lowest BCUT2D eigenvalue weighted by molar-refractivity contribution is 0.102. The maximum Gasteiger partial charge on any atom is 0.255 e. The van der Waals surface area contributed by atoms with Gasteiger partial charge >= 0.3 is 0 Å². The Labute approximate surface area is 125 Å². The summed E-state index contributed by atoms with van der Waals surface area (Å²) in [6, 6.07) is 9.04. The van der Waals surface area contributed by atoms with Crippen LogP contribution in [0.3, 0.4) is 0 Å². The van der Waals surface area contributed by atoms with Gasteiger partial charge in [-0.15, -0.1) is 0 Å². The average Bonchev–Trinajstić information content (AvgIpc) is 2.47. The fourth-order valence-electron chi connectivity index (χ4n) is 2.08. The molecular formula is C17H20N2O2. The van der Waals surface area contributed by atoms with Crippen molar-refractivity contribution in [2.24, 2.45) is 0 Å². The molecule has 2 aromatic rings. The normalized spacial score (nSPS) is 11.0. The summed E-state index contributed by atoms with van der Waals surface area (Å²) in [5.41, 5.74) is 2.32. The molecule has 0 fully saturated rings. The van der Waals surface area contributed by atoms with E-state index in [1.807, 2.05) is 18.2 Å². The van der Waals surface area contributed by atoms with E-state index in [1.54, 1.807) is 31.6 Å². The first-order chi connectivity index (χ1) is 9.91. The van der Waals surface area contributed by atoms with Gasteiger partial charge in [0.2, 0.25) is 0 Å². The SMILES string of the molecule is COc1ccc(NC(=O)c2ccncc2)cc1C(C)(C)C. The van der Waals surface area contributed by atoms with Crippen LogP contribution in [0.2, 0.25) is 0 Å². The van der Waals surface area contributed by atoms with Gasteiger partial charge in [0.15, 0.2) is 0 Å². The molecule has 0 radical (unpaired) electrons. The van der Waals surface area contributed by atoms with Gasteiger partial charge in [0, 0.05) is 29.2 Å². The predicted octanol–water partition coefficient (Wildman–Crippen LogP) is 3.64. The van der Waals surface area contributed by atoms with Crippen molar-refractivity contribution in [2.45, 2.75) is 26.2 Å². The molecule has 21 heavy (non-hydrogen) atoms. The van der Waals surface area contributed by atoms with Crippen LogP contribution >= 0.6 is 0 Å². The van der Waals surface area contributed by atoms with E-state index in [0.717, 1.165) is 17.0 Å². The number of pyridine rings is 1. The minimum atomic E-state index is -0.151. The molecule has 110 valence electrons. The highest BCUT2D eigenvalue weighted by Crippen LogP contribution is 2.33. The first-order valence-electron chi connectivity index (χ1n) is 6.81. The van der Waals surface area contributed by atoms with E-state index >= 15 is 0 Å². The van der Waals surface area contributed by atoms with Crippen LogP contribution in [0.15, 0.2) is 42.7 Å². The van der Waals surface area contributed by atoms with Crippen LogP contribution in [0, 0.1) is 0 Å². The Balaban J connectivity index is 2.28. The minimum Gasteiger partial charge on any atom is -0.496 e. The molecule has 1 heterocycles. The molecule has 1 aromatic carbocycles. The lowest BCUT2D eigenvalue weighted by Gasteiger charge is -2.23. The number of aromatic nitrogens is 1. The number of nitrogens with zero attached hydrogens (tertiary/aromatic N) is 1. The maximum atomic E-state index is 12.2. The minimum absolute atomic E-state index is 0.0667. The van der Waals surface area contributed by atoms with Gasteiger partial charge in [-0.3, -0.25) is 9.78 Å². The summed E-state index contributed by atoms with van der Waals surface area (Å²) in [7, 11) is 1.65. The van der Waals surface area contributed by atoms with Gasteiger partial charge in [-0.05, 0) is 35.7 Å². The number of carbonyl (C=O) groups excluding carboxylic acids is 1. The van der Waals surface area contributed by atoms with Gasteiger partial charge in [-0.1, -0.05) is 20.8 Å². The number of nitrogens with one attached hydrogen (secondary N) is 1. The van der Waals surface area contributed by atoms with Crippen molar-refractivity contribution in [1.82, 2.24) is 4.98 Å². The standard InChI is InChI=1S/C17H20N2O2/c1-17(2,3)14-11-13(5-6-15(14)21-4)19-16(20)12-7-9-18-10-8-12/h5-11H,1-4H3,(H,19,20). The Hall–Kier alpha value is -2.36. The summed E-state index contributed by atoms with van der Waals surface area (Å²) in [5.74, 6) is 0.673. The van der Waals surface area contributed by atoms with Crippen molar-refractivity contribution >= 4 is 11.6 Å². The number of hydrogen-bond donors (Lipinski definition) is 1. The Morgan fingerprint density at radius 1 is 1.14 bits per heavy atom. The van der Waals surface area contributed by atoms with Crippen molar-refractivity contribution in [3.8, 4) is 5.75 Å². The molecule has 2 rings (SSSR count). The molecule has 4 heteroatoms. The van der Waals surface area contributed by atoms with Crippen LogP contribution in [0.25, 0.3) is 0 Å². The summed E-state index contributed by atoms with van der Waals surface area (Å²) in [6.45, 7) is 6.33. The summed E-state index contributed by atoms with van der Waals surface area (Å²) < 4.78 is 5.40. The quantitative estimate of drug-likeness (QED) is 0.936.